The zero-order valence-electron chi connectivity index (χ0n) is 23.9. The minimum atomic E-state index is -1.34. The summed E-state index contributed by atoms with van der Waals surface area (Å²) in [6, 6.07) is -1.92. The van der Waals surface area contributed by atoms with E-state index in [1.54, 1.807) is 20.0 Å². The summed E-state index contributed by atoms with van der Waals surface area (Å²) in [6.07, 6.45) is -4.68. The topological polar surface area (TPSA) is 260 Å². The largest absolute Gasteiger partial charge is 0.467 e. The van der Waals surface area contributed by atoms with Crippen molar-refractivity contribution in [2.75, 3.05) is 39.9 Å². The molecule has 2 fully saturated rings. The molecule has 240 valence electrons. The van der Waals surface area contributed by atoms with Crippen LogP contribution in [0.25, 0.3) is 0 Å². The van der Waals surface area contributed by atoms with Crippen LogP contribution in [0.3, 0.4) is 0 Å². The lowest BCUT2D eigenvalue weighted by Gasteiger charge is -2.49. The molecular formula is C26H51N5O10. The Bertz CT molecular complexity index is 826. The van der Waals surface area contributed by atoms with Gasteiger partial charge in [0.1, 0.15) is 29.7 Å². The van der Waals surface area contributed by atoms with E-state index in [2.05, 4.69) is 10.6 Å². The highest BCUT2D eigenvalue weighted by molar-refractivity contribution is 5.04. The highest BCUT2D eigenvalue weighted by atomic mass is 16.7. The Labute approximate surface area is 240 Å². The molecule has 3 rings (SSSR count). The Balaban J connectivity index is 1.72. The molecule has 0 spiro atoms. The molecule has 1 aliphatic carbocycles. The smallest absolute Gasteiger partial charge is 0.215 e. The molecule has 1 saturated carbocycles. The molecular weight excluding hydrogens is 542 g/mol. The molecule has 13 atom stereocenters. The van der Waals surface area contributed by atoms with E-state index in [0.717, 1.165) is 0 Å². The third kappa shape index (κ3) is 9.00. The van der Waals surface area contributed by atoms with Crippen LogP contribution >= 0.6 is 0 Å². The van der Waals surface area contributed by atoms with Gasteiger partial charge in [-0.3, -0.25) is 0 Å². The number of hydrogen-bond acceptors (Lipinski definition) is 15. The minimum absolute atomic E-state index is 0.0859. The molecule has 14 N–H and O–H groups in total. The number of nitrogens with two attached hydrogens (primary N) is 3. The maximum absolute atomic E-state index is 11.6. The van der Waals surface area contributed by atoms with Crippen molar-refractivity contribution in [1.29, 1.82) is 0 Å². The van der Waals surface area contributed by atoms with E-state index in [9.17, 15) is 25.5 Å². The summed E-state index contributed by atoms with van der Waals surface area (Å²) in [5, 5.41) is 67.6. The van der Waals surface area contributed by atoms with Crippen molar-refractivity contribution in [3.63, 3.8) is 0 Å². The zero-order valence-corrected chi connectivity index (χ0v) is 23.9. The number of hydrogen-bond donors (Lipinski definition) is 11. The van der Waals surface area contributed by atoms with Crippen molar-refractivity contribution >= 4 is 0 Å². The maximum atomic E-state index is 11.6. The van der Waals surface area contributed by atoms with Crippen molar-refractivity contribution < 1.29 is 49.6 Å². The van der Waals surface area contributed by atoms with Gasteiger partial charge in [0.05, 0.1) is 50.2 Å². The monoisotopic (exact) mass is 593 g/mol. The van der Waals surface area contributed by atoms with E-state index in [0.29, 0.717) is 31.4 Å². The van der Waals surface area contributed by atoms with E-state index in [-0.39, 0.29) is 38.8 Å². The quantitative estimate of drug-likeness (QED) is 0.0907. The average molecular weight is 594 g/mol. The van der Waals surface area contributed by atoms with Gasteiger partial charge in [0, 0.05) is 19.1 Å². The van der Waals surface area contributed by atoms with E-state index in [1.165, 1.54) is 0 Å². The summed E-state index contributed by atoms with van der Waals surface area (Å²) in [7, 11) is 1.61. The van der Waals surface area contributed by atoms with Gasteiger partial charge in [-0.2, -0.15) is 0 Å². The van der Waals surface area contributed by atoms with Gasteiger partial charge >= 0.3 is 0 Å². The minimum Gasteiger partial charge on any atom is -0.467 e. The standard InChI is InChI=1S/C26H51N5O10/c1-26(37)12-38-25(20(36)23(26)30-2)40-21-13(3-4-14(33)8-27)7-18(29)22(19(21)35)41-24-17(28)6-5-16(39-24)10-31-9-15(34)11-32/h5,13-15,17-25,30-37H,3-4,6-12,27-29H2,1-2H3/t13-,14?,15?,17-,18+,19-,20-,21+,22?,23-,24-,25-,26+/m1/s1. The Hall–Kier alpha value is -1.02. The number of likely N-dealkylation sites (N-methyl/N-ethyl adjacent to an activating group) is 1. The van der Waals surface area contributed by atoms with Crippen LogP contribution in [0.5, 0.6) is 0 Å². The van der Waals surface area contributed by atoms with E-state index >= 15 is 0 Å². The van der Waals surface area contributed by atoms with Crippen LogP contribution in [0.15, 0.2) is 11.8 Å². The van der Waals surface area contributed by atoms with Crippen LogP contribution in [0, 0.1) is 5.92 Å². The van der Waals surface area contributed by atoms with Gasteiger partial charge in [0.15, 0.2) is 6.29 Å². The molecule has 1 saturated heterocycles. The number of rotatable bonds is 14. The third-order valence-corrected chi connectivity index (χ3v) is 8.13. The molecule has 0 aromatic rings. The molecule has 2 heterocycles. The zero-order chi connectivity index (χ0) is 30.3. The first kappa shape index (κ1) is 34.5. The van der Waals surface area contributed by atoms with Gasteiger partial charge in [-0.15, -0.1) is 0 Å². The number of aliphatic hydroxyl groups is 6. The molecule has 3 aliphatic rings. The van der Waals surface area contributed by atoms with Crippen LogP contribution in [0.4, 0.5) is 0 Å². The van der Waals surface area contributed by atoms with E-state index in [1.807, 2.05) is 0 Å². The molecule has 0 radical (unpaired) electrons. The Morgan fingerprint density at radius 2 is 1.80 bits per heavy atom. The summed E-state index contributed by atoms with van der Waals surface area (Å²) in [4.78, 5) is 0. The molecule has 0 amide bonds. The van der Waals surface area contributed by atoms with Crippen LogP contribution in [0.2, 0.25) is 0 Å². The predicted octanol–water partition coefficient (Wildman–Crippen LogP) is -4.48. The highest BCUT2D eigenvalue weighted by Crippen LogP contribution is 2.36. The number of nitrogens with one attached hydrogen (secondary N) is 2. The van der Waals surface area contributed by atoms with Crippen LogP contribution in [-0.4, -0.2) is 143 Å². The van der Waals surface area contributed by atoms with Gasteiger partial charge in [-0.05, 0) is 51.6 Å². The average Bonchev–Trinajstić information content (AvgIpc) is 2.93. The second kappa shape index (κ2) is 15.6. The summed E-state index contributed by atoms with van der Waals surface area (Å²) in [6.45, 7) is 1.59. The molecule has 0 aromatic carbocycles. The van der Waals surface area contributed by atoms with Crippen molar-refractivity contribution in [1.82, 2.24) is 10.6 Å². The molecule has 15 nitrogen and oxygen atoms in total. The molecule has 15 heteroatoms. The second-order valence-electron chi connectivity index (χ2n) is 11.6. The van der Waals surface area contributed by atoms with Crippen LogP contribution < -0.4 is 27.8 Å². The van der Waals surface area contributed by atoms with Gasteiger partial charge in [0.2, 0.25) is 6.29 Å². The fourth-order valence-electron chi connectivity index (χ4n) is 5.72. The third-order valence-electron chi connectivity index (χ3n) is 8.13. The van der Waals surface area contributed by atoms with Crippen molar-refractivity contribution in [3.05, 3.63) is 11.8 Å². The van der Waals surface area contributed by atoms with Gasteiger partial charge in [0.25, 0.3) is 0 Å². The van der Waals surface area contributed by atoms with E-state index < -0.39 is 72.9 Å². The molecule has 3 unspecified atom stereocenters. The fourth-order valence-corrected chi connectivity index (χ4v) is 5.72. The number of aliphatic hydroxyl groups excluding tert-OH is 5. The summed E-state index contributed by atoms with van der Waals surface area (Å²) < 4.78 is 24.0. The highest BCUT2D eigenvalue weighted by Gasteiger charge is 2.51. The lowest BCUT2D eigenvalue weighted by molar-refractivity contribution is -0.308. The molecule has 41 heavy (non-hydrogen) atoms. The first-order valence-electron chi connectivity index (χ1n) is 14.3. The lowest BCUT2D eigenvalue weighted by atomic mass is 9.77. The Morgan fingerprint density at radius 1 is 1.10 bits per heavy atom. The second-order valence-corrected chi connectivity index (χ2v) is 11.6. The summed E-state index contributed by atoms with van der Waals surface area (Å²) in [5.74, 6) is 0.205. The Morgan fingerprint density at radius 3 is 2.46 bits per heavy atom. The SMILES string of the molecule is CN[C@@H]1[C@@H](O)[C@@H](O[C@H]2[C@H](CCC(O)CN)C[C@H](N)C(O[C@H]3OC(CNCC(O)CO)=CC[C@H]3N)[C@@H]2O)OC[C@]1(C)O. The normalized spacial score (nSPS) is 41.4. The van der Waals surface area contributed by atoms with Gasteiger partial charge in [-0.25, -0.2) is 0 Å². The maximum Gasteiger partial charge on any atom is 0.215 e. The number of ether oxygens (including phenoxy) is 4. The Kier molecular flexibility index (Phi) is 13.1. The summed E-state index contributed by atoms with van der Waals surface area (Å²) in [5.41, 5.74) is 17.0. The summed E-state index contributed by atoms with van der Waals surface area (Å²) >= 11 is 0. The van der Waals surface area contributed by atoms with Gasteiger partial charge in [-0.1, -0.05) is 0 Å². The first-order valence-corrected chi connectivity index (χ1v) is 14.3. The van der Waals surface area contributed by atoms with E-state index in [4.69, 9.17) is 41.3 Å². The predicted molar refractivity (Wildman–Crippen MR) is 147 cm³/mol. The van der Waals surface area contributed by atoms with Gasteiger partial charge < -0.3 is 77.4 Å². The lowest BCUT2D eigenvalue weighted by Crippen LogP contribution is -2.67. The van der Waals surface area contributed by atoms with Crippen molar-refractivity contribution in [2.24, 2.45) is 23.1 Å². The van der Waals surface area contributed by atoms with Crippen molar-refractivity contribution in [3.8, 4) is 0 Å². The molecule has 2 aliphatic heterocycles. The molecule has 0 bridgehead atoms. The fraction of sp³-hybridized carbons (Fsp3) is 0.923. The van der Waals surface area contributed by atoms with Crippen LogP contribution in [0.1, 0.15) is 32.6 Å². The van der Waals surface area contributed by atoms with Crippen molar-refractivity contribution in [2.45, 2.75) is 106 Å². The first-order chi connectivity index (χ1) is 19.4. The van der Waals surface area contributed by atoms with Crippen LogP contribution in [-0.2, 0) is 18.9 Å². The molecule has 0 aromatic heterocycles.